The normalized spacial score (nSPS) is 17.1. The van der Waals surface area contributed by atoms with Crippen molar-refractivity contribution in [1.29, 1.82) is 0 Å². The molecular weight excluding hydrogens is 314 g/mol. The number of fused-ring (bicyclic) bond motifs is 1. The van der Waals surface area contributed by atoms with E-state index in [0.29, 0.717) is 30.5 Å². The zero-order valence-electron chi connectivity index (χ0n) is 13.7. The van der Waals surface area contributed by atoms with Crippen LogP contribution in [0.25, 0.3) is 0 Å². The number of carbonyl (C=O) groups excluding carboxylic acids is 1. The van der Waals surface area contributed by atoms with Gasteiger partial charge >= 0.3 is 0 Å². The second-order valence-corrected chi connectivity index (χ2v) is 7.22. The number of nitrogens with zero attached hydrogens (tertiary/aromatic N) is 3. The van der Waals surface area contributed by atoms with E-state index in [1.54, 1.807) is 36.5 Å². The number of amides is 1. The average Bonchev–Trinajstić information content (AvgIpc) is 3.13. The van der Waals surface area contributed by atoms with Crippen molar-refractivity contribution in [3.8, 4) is 0 Å². The molecule has 124 valence electrons. The van der Waals surface area contributed by atoms with Crippen LogP contribution in [0.3, 0.4) is 0 Å². The molecule has 1 amide bonds. The summed E-state index contributed by atoms with van der Waals surface area (Å²) in [5.74, 6) is 0.734. The molecule has 3 rings (SSSR count). The highest BCUT2D eigenvalue weighted by atomic mass is 32.1. The van der Waals surface area contributed by atoms with Crippen LogP contribution in [0.1, 0.15) is 50.6 Å². The van der Waals surface area contributed by atoms with Crippen molar-refractivity contribution in [2.45, 2.75) is 38.7 Å². The molecule has 7 heteroatoms. The Morgan fingerprint density at radius 1 is 1.57 bits per heavy atom. The molecular formula is C16H21N3O3S. The molecule has 1 aliphatic carbocycles. The van der Waals surface area contributed by atoms with Gasteiger partial charge in [-0.25, -0.2) is 4.98 Å². The number of aromatic nitrogens is 2. The quantitative estimate of drug-likeness (QED) is 0.840. The Morgan fingerprint density at radius 2 is 2.39 bits per heavy atom. The molecule has 0 fully saturated rings. The first kappa shape index (κ1) is 16.1. The van der Waals surface area contributed by atoms with Gasteiger partial charge in [0.1, 0.15) is 6.61 Å². The fraction of sp³-hybridized carbons (Fsp3) is 0.562. The number of thiazole rings is 1. The second-order valence-electron chi connectivity index (χ2n) is 5.93. The van der Waals surface area contributed by atoms with Crippen molar-refractivity contribution < 1.29 is 14.1 Å². The summed E-state index contributed by atoms with van der Waals surface area (Å²) in [6, 6.07) is 1.64. The molecule has 2 heterocycles. The molecule has 1 aliphatic rings. The predicted molar refractivity (Wildman–Crippen MR) is 86.7 cm³/mol. The molecule has 0 aromatic carbocycles. The minimum atomic E-state index is -0.129. The molecule has 6 nitrogen and oxygen atoms in total. The number of carbonyl (C=O) groups is 1. The number of ether oxygens (including phenoxy) is 1. The van der Waals surface area contributed by atoms with Crippen molar-refractivity contribution in [3.05, 3.63) is 33.1 Å². The van der Waals surface area contributed by atoms with E-state index in [1.807, 2.05) is 6.92 Å². The van der Waals surface area contributed by atoms with Crippen molar-refractivity contribution in [2.75, 3.05) is 20.7 Å². The van der Waals surface area contributed by atoms with Crippen LogP contribution in [-0.4, -0.2) is 41.6 Å². The van der Waals surface area contributed by atoms with Crippen LogP contribution < -0.4 is 0 Å². The fourth-order valence-electron chi connectivity index (χ4n) is 3.04. The Bertz CT molecular complexity index is 695. The molecule has 23 heavy (non-hydrogen) atoms. The van der Waals surface area contributed by atoms with Crippen molar-refractivity contribution in [1.82, 2.24) is 15.0 Å². The minimum absolute atomic E-state index is 0.129. The third-order valence-electron chi connectivity index (χ3n) is 4.08. The maximum absolute atomic E-state index is 12.5. The summed E-state index contributed by atoms with van der Waals surface area (Å²) >= 11 is 1.78. The molecule has 0 unspecified atom stereocenters. The number of rotatable bonds is 5. The Morgan fingerprint density at radius 3 is 3.17 bits per heavy atom. The van der Waals surface area contributed by atoms with Crippen LogP contribution in [0.5, 0.6) is 0 Å². The third kappa shape index (κ3) is 3.45. The molecule has 0 N–H and O–H groups in total. The minimum Gasteiger partial charge on any atom is -0.377 e. The summed E-state index contributed by atoms with van der Waals surface area (Å²) in [6.45, 7) is 3.01. The lowest BCUT2D eigenvalue weighted by Gasteiger charge is -2.26. The first-order valence-electron chi connectivity index (χ1n) is 7.74. The smallest absolute Gasteiger partial charge is 0.275 e. The van der Waals surface area contributed by atoms with Gasteiger partial charge in [-0.3, -0.25) is 4.79 Å². The van der Waals surface area contributed by atoms with E-state index in [9.17, 15) is 4.79 Å². The average molecular weight is 335 g/mol. The SMILES string of the molecule is COCc1cc(C(=O)N(C)C[C@H]2CCCc3sc(C)nc32)no1. The van der Waals surface area contributed by atoms with Gasteiger partial charge in [-0.1, -0.05) is 5.16 Å². The van der Waals surface area contributed by atoms with Gasteiger partial charge in [0.05, 0.1) is 10.7 Å². The molecule has 2 aromatic rings. The summed E-state index contributed by atoms with van der Waals surface area (Å²) in [4.78, 5) is 20.3. The highest BCUT2D eigenvalue weighted by Gasteiger charge is 2.27. The van der Waals surface area contributed by atoms with Gasteiger partial charge in [0.2, 0.25) is 0 Å². The lowest BCUT2D eigenvalue weighted by molar-refractivity contribution is 0.0772. The summed E-state index contributed by atoms with van der Waals surface area (Å²) in [5, 5.41) is 4.95. The van der Waals surface area contributed by atoms with Crippen molar-refractivity contribution >= 4 is 17.2 Å². The van der Waals surface area contributed by atoms with E-state index in [4.69, 9.17) is 9.26 Å². The lowest BCUT2D eigenvalue weighted by atomic mass is 9.90. The van der Waals surface area contributed by atoms with Crippen molar-refractivity contribution in [3.63, 3.8) is 0 Å². The number of hydrogen-bond donors (Lipinski definition) is 0. The summed E-state index contributed by atoms with van der Waals surface area (Å²) in [6.07, 6.45) is 3.34. The molecule has 0 saturated heterocycles. The fourth-order valence-corrected chi connectivity index (χ4v) is 4.10. The summed E-state index contributed by atoms with van der Waals surface area (Å²) in [7, 11) is 3.38. The highest BCUT2D eigenvalue weighted by molar-refractivity contribution is 7.11. The molecule has 0 radical (unpaired) electrons. The molecule has 1 atom stereocenters. The van der Waals surface area contributed by atoms with Crippen molar-refractivity contribution in [2.24, 2.45) is 0 Å². The van der Waals surface area contributed by atoms with Crippen LogP contribution in [0.15, 0.2) is 10.6 Å². The molecule has 2 aromatic heterocycles. The highest BCUT2D eigenvalue weighted by Crippen LogP contribution is 2.35. The zero-order chi connectivity index (χ0) is 16.4. The molecule has 0 saturated carbocycles. The predicted octanol–water partition coefficient (Wildman–Crippen LogP) is 2.78. The topological polar surface area (TPSA) is 68.5 Å². The maximum Gasteiger partial charge on any atom is 0.275 e. The Kier molecular flexibility index (Phi) is 4.77. The Hall–Kier alpha value is -1.73. The standard InChI is InChI=1S/C16H21N3O3S/c1-10-17-15-11(5-4-6-14(15)23-10)8-19(2)16(20)13-7-12(9-21-3)22-18-13/h7,11H,4-6,8-9H2,1-3H3/t11-/m1/s1. The molecule has 0 bridgehead atoms. The monoisotopic (exact) mass is 335 g/mol. The third-order valence-corrected chi connectivity index (χ3v) is 5.13. The van der Waals surface area contributed by atoms with Gasteiger partial charge in [0, 0.05) is 37.6 Å². The number of likely N-dealkylation sites (N-methyl/N-ethyl adjacent to an activating group) is 1. The van der Waals surface area contributed by atoms with Gasteiger partial charge < -0.3 is 14.2 Å². The largest absolute Gasteiger partial charge is 0.377 e. The van der Waals surface area contributed by atoms with E-state index < -0.39 is 0 Å². The van der Waals surface area contributed by atoms with Gasteiger partial charge in [-0.15, -0.1) is 11.3 Å². The van der Waals surface area contributed by atoms with Crippen LogP contribution in [0, 0.1) is 6.92 Å². The zero-order valence-corrected chi connectivity index (χ0v) is 14.5. The van der Waals surface area contributed by atoms with Crippen LogP contribution >= 0.6 is 11.3 Å². The molecule has 0 aliphatic heterocycles. The molecule has 0 spiro atoms. The maximum atomic E-state index is 12.5. The van der Waals surface area contributed by atoms with Crippen LogP contribution in [-0.2, 0) is 17.8 Å². The first-order valence-corrected chi connectivity index (χ1v) is 8.56. The second kappa shape index (κ2) is 6.80. The van der Waals surface area contributed by atoms with E-state index >= 15 is 0 Å². The van der Waals surface area contributed by atoms with E-state index in [1.165, 1.54) is 10.6 Å². The first-order chi connectivity index (χ1) is 11.1. The summed E-state index contributed by atoms with van der Waals surface area (Å²) < 4.78 is 10.1. The van der Waals surface area contributed by atoms with Gasteiger partial charge in [-0.2, -0.15) is 0 Å². The Labute approximate surface area is 139 Å². The van der Waals surface area contributed by atoms with Gasteiger partial charge in [0.15, 0.2) is 11.5 Å². The van der Waals surface area contributed by atoms with Gasteiger partial charge in [-0.05, 0) is 26.2 Å². The number of aryl methyl sites for hydroxylation is 2. The van der Waals surface area contributed by atoms with Gasteiger partial charge in [0.25, 0.3) is 5.91 Å². The lowest BCUT2D eigenvalue weighted by Crippen LogP contribution is -2.32. The van der Waals surface area contributed by atoms with E-state index in [-0.39, 0.29) is 5.91 Å². The van der Waals surface area contributed by atoms with Crippen LogP contribution in [0.2, 0.25) is 0 Å². The Balaban J connectivity index is 1.69. The number of methoxy groups -OCH3 is 1. The van der Waals surface area contributed by atoms with E-state index in [0.717, 1.165) is 24.3 Å². The number of hydrogen-bond acceptors (Lipinski definition) is 6. The summed E-state index contributed by atoms with van der Waals surface area (Å²) in [5.41, 5.74) is 1.50. The van der Waals surface area contributed by atoms with E-state index in [2.05, 4.69) is 10.1 Å². The van der Waals surface area contributed by atoms with Crippen LogP contribution in [0.4, 0.5) is 0 Å².